The molecule has 4 rings (SSSR count). The van der Waals surface area contributed by atoms with Crippen molar-refractivity contribution in [3.63, 3.8) is 0 Å². The van der Waals surface area contributed by atoms with Crippen LogP contribution in [-0.2, 0) is 6.42 Å². The van der Waals surface area contributed by atoms with Gasteiger partial charge in [-0.05, 0) is 12.0 Å². The Morgan fingerprint density at radius 3 is 2.88 bits per heavy atom. The van der Waals surface area contributed by atoms with Gasteiger partial charge in [-0.15, -0.1) is 0 Å². The van der Waals surface area contributed by atoms with E-state index in [9.17, 15) is 0 Å². The van der Waals surface area contributed by atoms with Crippen LogP contribution in [0.3, 0.4) is 0 Å². The molecule has 1 N–H and O–H groups in total. The average Bonchev–Trinajstić information content (AvgIpc) is 3.06. The van der Waals surface area contributed by atoms with E-state index in [0.29, 0.717) is 11.0 Å². The van der Waals surface area contributed by atoms with Crippen LogP contribution in [0.15, 0.2) is 24.9 Å². The number of ether oxygens (including phenoxy) is 1. The van der Waals surface area contributed by atoms with Crippen LogP contribution in [0, 0.1) is 0 Å². The van der Waals surface area contributed by atoms with Crippen LogP contribution in [-0.4, -0.2) is 44.1 Å². The molecule has 8 heteroatoms. The highest BCUT2D eigenvalue weighted by atomic mass is 35.5. The van der Waals surface area contributed by atoms with Gasteiger partial charge in [0.25, 0.3) is 0 Å². The van der Waals surface area contributed by atoms with Crippen LogP contribution in [0.5, 0.6) is 5.88 Å². The molecule has 1 saturated heterocycles. The van der Waals surface area contributed by atoms with Gasteiger partial charge >= 0.3 is 0 Å². The number of aromatic nitrogens is 5. The van der Waals surface area contributed by atoms with E-state index in [1.165, 1.54) is 11.8 Å². The van der Waals surface area contributed by atoms with Crippen LogP contribution < -0.4 is 9.64 Å². The number of rotatable bonds is 4. The first kappa shape index (κ1) is 16.1. The van der Waals surface area contributed by atoms with Gasteiger partial charge in [0.05, 0.1) is 17.8 Å². The molecule has 0 bridgehead atoms. The van der Waals surface area contributed by atoms with Crippen molar-refractivity contribution >= 4 is 28.5 Å². The van der Waals surface area contributed by atoms with E-state index in [2.05, 4.69) is 36.7 Å². The van der Waals surface area contributed by atoms with E-state index in [4.69, 9.17) is 16.3 Å². The number of fused-ring (bicyclic) bond motifs is 1. The zero-order valence-corrected chi connectivity index (χ0v) is 14.7. The molecule has 1 fully saturated rings. The minimum absolute atomic E-state index is 0.109. The summed E-state index contributed by atoms with van der Waals surface area (Å²) >= 11 is 5.86. The summed E-state index contributed by atoms with van der Waals surface area (Å²) in [6.45, 7) is 3.89. The Balaban J connectivity index is 1.48. The third kappa shape index (κ3) is 3.24. The Labute approximate surface area is 150 Å². The first-order chi connectivity index (χ1) is 12.2. The molecule has 0 aliphatic carbocycles. The van der Waals surface area contributed by atoms with Crippen LogP contribution >= 0.6 is 11.6 Å². The van der Waals surface area contributed by atoms with Gasteiger partial charge in [0.2, 0.25) is 5.88 Å². The van der Waals surface area contributed by atoms with E-state index in [1.807, 2.05) is 6.20 Å². The summed E-state index contributed by atoms with van der Waals surface area (Å²) in [6, 6.07) is 0. The number of piperidine rings is 1. The first-order valence-corrected chi connectivity index (χ1v) is 8.82. The zero-order valence-electron chi connectivity index (χ0n) is 13.9. The van der Waals surface area contributed by atoms with E-state index >= 15 is 0 Å². The number of nitrogens with zero attached hydrogens (tertiary/aromatic N) is 5. The van der Waals surface area contributed by atoms with E-state index in [-0.39, 0.29) is 6.10 Å². The van der Waals surface area contributed by atoms with Crippen LogP contribution in [0.2, 0.25) is 5.15 Å². The predicted octanol–water partition coefficient (Wildman–Crippen LogP) is 3.01. The van der Waals surface area contributed by atoms with Crippen molar-refractivity contribution < 1.29 is 4.74 Å². The molecule has 0 unspecified atom stereocenters. The van der Waals surface area contributed by atoms with Crippen molar-refractivity contribution in [1.29, 1.82) is 0 Å². The number of aryl methyl sites for hydroxylation is 1. The molecular weight excluding hydrogens is 340 g/mol. The van der Waals surface area contributed by atoms with Crippen molar-refractivity contribution in [2.24, 2.45) is 0 Å². The molecule has 3 aromatic rings. The topological polar surface area (TPSA) is 79.8 Å². The van der Waals surface area contributed by atoms with Crippen LogP contribution in [0.25, 0.3) is 11.0 Å². The lowest BCUT2D eigenvalue weighted by atomic mass is 10.1. The molecule has 0 atom stereocenters. The van der Waals surface area contributed by atoms with E-state index in [1.54, 1.807) is 12.5 Å². The maximum absolute atomic E-state index is 5.91. The van der Waals surface area contributed by atoms with Gasteiger partial charge in [0.1, 0.15) is 23.9 Å². The van der Waals surface area contributed by atoms with Crippen molar-refractivity contribution in [2.45, 2.75) is 32.3 Å². The van der Waals surface area contributed by atoms with Crippen molar-refractivity contribution in [2.75, 3.05) is 18.0 Å². The highest BCUT2D eigenvalue weighted by molar-refractivity contribution is 6.29. The molecule has 4 heterocycles. The maximum atomic E-state index is 5.91. The molecule has 0 saturated carbocycles. The predicted molar refractivity (Wildman–Crippen MR) is 96.2 cm³/mol. The molecule has 0 spiro atoms. The molecule has 0 aromatic carbocycles. The zero-order chi connectivity index (χ0) is 17.2. The molecule has 0 radical (unpaired) electrons. The number of halogens is 1. The molecule has 1 aliphatic rings. The maximum Gasteiger partial charge on any atom is 0.234 e. The molecule has 25 heavy (non-hydrogen) atoms. The quantitative estimate of drug-likeness (QED) is 0.772. The third-order valence-corrected chi connectivity index (χ3v) is 4.71. The number of anilines is 1. The number of hydrogen-bond acceptors (Lipinski definition) is 6. The van der Waals surface area contributed by atoms with Gasteiger partial charge < -0.3 is 14.6 Å². The summed E-state index contributed by atoms with van der Waals surface area (Å²) in [5.41, 5.74) is 2.15. The second-order valence-corrected chi connectivity index (χ2v) is 6.46. The van der Waals surface area contributed by atoms with Gasteiger partial charge in [-0.3, -0.25) is 4.98 Å². The minimum Gasteiger partial charge on any atom is -0.473 e. The summed E-state index contributed by atoms with van der Waals surface area (Å²) < 4.78 is 5.91. The monoisotopic (exact) mass is 358 g/mol. The molecule has 3 aromatic heterocycles. The standard InChI is InChI=1S/C17H19ClN6O/c1-2-11-7-20-16-15(11)17(22-10-21-16)24-5-3-12(4-6-24)25-14-9-19-8-13(18)23-14/h7-10,12H,2-6H2,1H3,(H,20,21,22). The fraction of sp³-hybridized carbons (Fsp3) is 0.412. The second kappa shape index (κ2) is 6.84. The molecular formula is C17H19ClN6O. The van der Waals surface area contributed by atoms with Crippen LogP contribution in [0.4, 0.5) is 5.82 Å². The first-order valence-electron chi connectivity index (χ1n) is 8.44. The van der Waals surface area contributed by atoms with Crippen molar-refractivity contribution in [3.05, 3.63) is 35.6 Å². The summed E-state index contributed by atoms with van der Waals surface area (Å²) in [4.78, 5) is 22.6. The Morgan fingerprint density at radius 2 is 2.12 bits per heavy atom. The van der Waals surface area contributed by atoms with Gasteiger partial charge in [0, 0.05) is 32.1 Å². The highest BCUT2D eigenvalue weighted by Crippen LogP contribution is 2.29. The SMILES string of the molecule is CCc1c[nH]c2ncnc(N3CCC(Oc4cncc(Cl)n4)CC3)c12. The van der Waals surface area contributed by atoms with Gasteiger partial charge in [-0.2, -0.15) is 4.98 Å². The normalized spacial score (nSPS) is 15.7. The fourth-order valence-electron chi connectivity index (χ4n) is 3.27. The van der Waals surface area contributed by atoms with Crippen molar-refractivity contribution in [1.82, 2.24) is 24.9 Å². The highest BCUT2D eigenvalue weighted by Gasteiger charge is 2.24. The third-order valence-electron chi connectivity index (χ3n) is 4.52. The molecule has 1 aliphatic heterocycles. The van der Waals surface area contributed by atoms with Gasteiger partial charge in [-0.25, -0.2) is 9.97 Å². The lowest BCUT2D eigenvalue weighted by molar-refractivity contribution is 0.163. The van der Waals surface area contributed by atoms with E-state index < -0.39 is 0 Å². The lowest BCUT2D eigenvalue weighted by Crippen LogP contribution is -2.39. The molecule has 7 nitrogen and oxygen atoms in total. The van der Waals surface area contributed by atoms with Gasteiger partial charge in [0.15, 0.2) is 5.15 Å². The number of hydrogen-bond donors (Lipinski definition) is 1. The minimum atomic E-state index is 0.109. The molecule has 0 amide bonds. The lowest BCUT2D eigenvalue weighted by Gasteiger charge is -2.33. The molecule has 130 valence electrons. The average molecular weight is 359 g/mol. The summed E-state index contributed by atoms with van der Waals surface area (Å²) in [5, 5.41) is 1.47. The summed E-state index contributed by atoms with van der Waals surface area (Å²) in [7, 11) is 0. The number of nitrogens with one attached hydrogen (secondary N) is 1. The largest absolute Gasteiger partial charge is 0.473 e. The Morgan fingerprint density at radius 1 is 1.28 bits per heavy atom. The number of H-pyrrole nitrogens is 1. The Kier molecular flexibility index (Phi) is 4.40. The fourth-order valence-corrected chi connectivity index (χ4v) is 3.41. The van der Waals surface area contributed by atoms with Gasteiger partial charge in [-0.1, -0.05) is 18.5 Å². The second-order valence-electron chi connectivity index (χ2n) is 6.07. The number of aromatic amines is 1. The summed E-state index contributed by atoms with van der Waals surface area (Å²) in [6.07, 6.45) is 9.59. The Bertz CT molecular complexity index is 874. The smallest absolute Gasteiger partial charge is 0.234 e. The van der Waals surface area contributed by atoms with Crippen molar-refractivity contribution in [3.8, 4) is 5.88 Å². The summed E-state index contributed by atoms with van der Waals surface area (Å²) in [5.74, 6) is 1.48. The van der Waals surface area contributed by atoms with E-state index in [0.717, 1.165) is 49.2 Å². The van der Waals surface area contributed by atoms with Crippen LogP contribution in [0.1, 0.15) is 25.3 Å². The Hall–Kier alpha value is -2.41.